The molecule has 0 spiro atoms. The topological polar surface area (TPSA) is 38.3 Å². The zero-order chi connectivity index (χ0) is 13.0. The molecular formula is C13H12ClNO2S. The van der Waals surface area contributed by atoms with E-state index in [1.165, 1.54) is 12.0 Å². The third-order valence-corrected chi connectivity index (χ3v) is 3.62. The number of hydrogen-bond donors (Lipinski definition) is 1. The number of hydrogen-bond acceptors (Lipinski definition) is 4. The highest BCUT2D eigenvalue weighted by atomic mass is 35.5. The summed E-state index contributed by atoms with van der Waals surface area (Å²) in [7, 11) is 1.34. The van der Waals surface area contributed by atoms with E-state index in [1.807, 2.05) is 17.5 Å². The van der Waals surface area contributed by atoms with Crippen molar-refractivity contribution in [3.05, 3.63) is 51.2 Å². The van der Waals surface area contributed by atoms with Gasteiger partial charge < -0.3 is 10.1 Å². The Morgan fingerprint density at radius 3 is 2.94 bits per heavy atom. The van der Waals surface area contributed by atoms with E-state index in [2.05, 4.69) is 16.1 Å². The minimum Gasteiger partial charge on any atom is -0.465 e. The Kier molecular flexibility index (Phi) is 4.23. The van der Waals surface area contributed by atoms with Crippen molar-refractivity contribution in [3.63, 3.8) is 0 Å². The quantitative estimate of drug-likeness (QED) is 0.866. The Balaban J connectivity index is 2.12. The van der Waals surface area contributed by atoms with Gasteiger partial charge in [0.05, 0.1) is 17.7 Å². The Morgan fingerprint density at radius 1 is 1.44 bits per heavy atom. The molecule has 1 heterocycles. The van der Waals surface area contributed by atoms with Crippen LogP contribution in [0, 0.1) is 0 Å². The van der Waals surface area contributed by atoms with Gasteiger partial charge in [0, 0.05) is 17.1 Å². The number of methoxy groups -OCH3 is 1. The molecule has 0 atom stereocenters. The molecule has 0 aliphatic heterocycles. The van der Waals surface area contributed by atoms with E-state index in [0.29, 0.717) is 10.6 Å². The second kappa shape index (κ2) is 5.89. The first-order valence-electron chi connectivity index (χ1n) is 5.35. The summed E-state index contributed by atoms with van der Waals surface area (Å²) < 4.78 is 4.67. The average Bonchev–Trinajstić information content (AvgIpc) is 2.90. The number of thiophene rings is 1. The minimum absolute atomic E-state index is 0.371. The van der Waals surface area contributed by atoms with Crippen LogP contribution in [-0.4, -0.2) is 13.1 Å². The third-order valence-electron chi connectivity index (χ3n) is 2.42. The van der Waals surface area contributed by atoms with Crippen molar-refractivity contribution in [2.75, 3.05) is 12.4 Å². The van der Waals surface area contributed by atoms with Crippen LogP contribution < -0.4 is 5.32 Å². The van der Waals surface area contributed by atoms with E-state index in [1.54, 1.807) is 23.5 Å². The van der Waals surface area contributed by atoms with Gasteiger partial charge >= 0.3 is 5.97 Å². The van der Waals surface area contributed by atoms with Gasteiger partial charge in [0.1, 0.15) is 0 Å². The first-order chi connectivity index (χ1) is 8.70. The maximum absolute atomic E-state index is 11.5. The van der Waals surface area contributed by atoms with Gasteiger partial charge in [-0.15, -0.1) is 11.3 Å². The highest BCUT2D eigenvalue weighted by Crippen LogP contribution is 2.22. The summed E-state index contributed by atoms with van der Waals surface area (Å²) in [5.41, 5.74) is 1.21. The Morgan fingerprint density at radius 2 is 2.28 bits per heavy atom. The predicted octanol–water partition coefficient (Wildman–Crippen LogP) is 3.80. The summed E-state index contributed by atoms with van der Waals surface area (Å²) >= 11 is 7.62. The lowest BCUT2D eigenvalue weighted by Gasteiger charge is -2.08. The van der Waals surface area contributed by atoms with Crippen LogP contribution in [0.1, 0.15) is 15.2 Å². The summed E-state index contributed by atoms with van der Waals surface area (Å²) in [6.07, 6.45) is 0. The lowest BCUT2D eigenvalue weighted by Crippen LogP contribution is -2.04. The Labute approximate surface area is 114 Å². The number of ether oxygens (including phenoxy) is 1. The molecule has 0 bridgehead atoms. The molecule has 3 nitrogen and oxygen atoms in total. The molecule has 18 heavy (non-hydrogen) atoms. The van der Waals surface area contributed by atoms with Gasteiger partial charge in [-0.2, -0.15) is 0 Å². The normalized spacial score (nSPS) is 10.1. The van der Waals surface area contributed by atoms with E-state index in [4.69, 9.17) is 11.6 Å². The zero-order valence-electron chi connectivity index (χ0n) is 9.77. The molecule has 1 aromatic carbocycles. The standard InChI is InChI=1S/C13H12ClNO2S/c1-17-13(16)11-7-9(4-5-12(11)14)15-8-10-3-2-6-18-10/h2-7,15H,8H2,1H3. The van der Waals surface area contributed by atoms with Crippen molar-refractivity contribution in [2.24, 2.45) is 0 Å². The van der Waals surface area contributed by atoms with E-state index >= 15 is 0 Å². The van der Waals surface area contributed by atoms with E-state index < -0.39 is 5.97 Å². The van der Waals surface area contributed by atoms with Crippen molar-refractivity contribution in [2.45, 2.75) is 6.54 Å². The van der Waals surface area contributed by atoms with Gasteiger partial charge in [0.15, 0.2) is 0 Å². The molecule has 0 radical (unpaired) electrons. The number of carbonyl (C=O) groups is 1. The van der Waals surface area contributed by atoms with E-state index in [9.17, 15) is 4.79 Å². The van der Waals surface area contributed by atoms with Crippen molar-refractivity contribution in [1.82, 2.24) is 0 Å². The molecule has 2 rings (SSSR count). The smallest absolute Gasteiger partial charge is 0.339 e. The number of halogens is 1. The summed E-state index contributed by atoms with van der Waals surface area (Å²) in [4.78, 5) is 12.7. The molecule has 0 amide bonds. The number of esters is 1. The Hall–Kier alpha value is -1.52. The minimum atomic E-state index is -0.431. The summed E-state index contributed by atoms with van der Waals surface area (Å²) in [6.45, 7) is 0.722. The van der Waals surface area contributed by atoms with Crippen LogP contribution in [0.2, 0.25) is 5.02 Å². The average molecular weight is 282 g/mol. The molecule has 0 saturated carbocycles. The molecule has 1 N–H and O–H groups in total. The lowest BCUT2D eigenvalue weighted by molar-refractivity contribution is 0.0601. The van der Waals surface area contributed by atoms with Crippen LogP contribution in [-0.2, 0) is 11.3 Å². The largest absolute Gasteiger partial charge is 0.465 e. The fourth-order valence-electron chi connectivity index (χ4n) is 1.50. The molecule has 0 saturated heterocycles. The number of anilines is 1. The van der Waals surface area contributed by atoms with Gasteiger partial charge in [-0.1, -0.05) is 17.7 Å². The van der Waals surface area contributed by atoms with Crippen LogP contribution in [0.25, 0.3) is 0 Å². The molecule has 0 fully saturated rings. The van der Waals surface area contributed by atoms with Crippen LogP contribution in [0.3, 0.4) is 0 Å². The van der Waals surface area contributed by atoms with Crippen LogP contribution in [0.4, 0.5) is 5.69 Å². The second-order valence-corrected chi connectivity index (χ2v) is 5.06. The van der Waals surface area contributed by atoms with Crippen molar-refractivity contribution < 1.29 is 9.53 Å². The van der Waals surface area contributed by atoms with E-state index in [-0.39, 0.29) is 0 Å². The fourth-order valence-corrected chi connectivity index (χ4v) is 2.34. The first-order valence-corrected chi connectivity index (χ1v) is 6.60. The van der Waals surface area contributed by atoms with Crippen LogP contribution >= 0.6 is 22.9 Å². The van der Waals surface area contributed by atoms with Crippen molar-refractivity contribution in [3.8, 4) is 0 Å². The SMILES string of the molecule is COC(=O)c1cc(NCc2cccs2)ccc1Cl. The monoisotopic (exact) mass is 281 g/mol. The molecule has 1 aromatic heterocycles. The molecular weight excluding hydrogens is 270 g/mol. The molecule has 0 aliphatic carbocycles. The van der Waals surface area contributed by atoms with Gasteiger partial charge in [-0.25, -0.2) is 4.79 Å². The summed E-state index contributed by atoms with van der Waals surface area (Å²) in [6, 6.07) is 9.27. The molecule has 2 aromatic rings. The molecule has 94 valence electrons. The van der Waals surface area contributed by atoms with Crippen molar-refractivity contribution in [1.29, 1.82) is 0 Å². The zero-order valence-corrected chi connectivity index (χ0v) is 11.3. The molecule has 5 heteroatoms. The fraction of sp³-hybridized carbons (Fsp3) is 0.154. The third kappa shape index (κ3) is 3.03. The summed E-state index contributed by atoms with van der Waals surface area (Å²) in [5.74, 6) is -0.431. The number of carbonyl (C=O) groups excluding carboxylic acids is 1. The van der Waals surface area contributed by atoms with Gasteiger partial charge in [0.25, 0.3) is 0 Å². The second-order valence-electron chi connectivity index (χ2n) is 3.62. The highest BCUT2D eigenvalue weighted by molar-refractivity contribution is 7.09. The lowest BCUT2D eigenvalue weighted by atomic mass is 10.2. The van der Waals surface area contributed by atoms with Crippen LogP contribution in [0.15, 0.2) is 35.7 Å². The number of benzene rings is 1. The van der Waals surface area contributed by atoms with Crippen molar-refractivity contribution >= 4 is 34.6 Å². The number of rotatable bonds is 4. The maximum Gasteiger partial charge on any atom is 0.339 e. The maximum atomic E-state index is 11.5. The van der Waals surface area contributed by atoms with Gasteiger partial charge in [0.2, 0.25) is 0 Å². The molecule has 0 aliphatic rings. The molecule has 0 unspecified atom stereocenters. The van der Waals surface area contributed by atoms with Crippen LogP contribution in [0.5, 0.6) is 0 Å². The highest BCUT2D eigenvalue weighted by Gasteiger charge is 2.11. The first kappa shape index (κ1) is 12.9. The summed E-state index contributed by atoms with van der Waals surface area (Å²) in [5, 5.41) is 5.66. The predicted molar refractivity (Wildman–Crippen MR) is 74.4 cm³/mol. The van der Waals surface area contributed by atoms with E-state index in [0.717, 1.165) is 12.2 Å². The van der Waals surface area contributed by atoms with Gasteiger partial charge in [-0.3, -0.25) is 0 Å². The number of nitrogens with one attached hydrogen (secondary N) is 1. The van der Waals surface area contributed by atoms with Gasteiger partial charge in [-0.05, 0) is 29.6 Å². The Bertz CT molecular complexity index is 540.